The lowest BCUT2D eigenvalue weighted by atomic mass is 10.1. The Hall–Kier alpha value is -1.52. The molecule has 0 aromatic carbocycles. The van der Waals surface area contributed by atoms with Gasteiger partial charge in [-0.3, -0.25) is 0 Å². The molecule has 5 heteroatoms. The number of carboxylic acid groups (broad SMARTS) is 1. The fourth-order valence-electron chi connectivity index (χ4n) is 0.987. The molecule has 0 aromatic heterocycles. The van der Waals surface area contributed by atoms with Crippen LogP contribution in [-0.4, -0.2) is 23.1 Å². The van der Waals surface area contributed by atoms with Crippen LogP contribution in [-0.2, 0) is 4.79 Å². The second-order valence-corrected chi connectivity index (χ2v) is 4.02. The summed E-state index contributed by atoms with van der Waals surface area (Å²) < 4.78 is 0. The van der Waals surface area contributed by atoms with Crippen molar-refractivity contribution in [3.63, 3.8) is 0 Å². The SMILES string of the molecule is CC/C(C)=C/NC(=O)NC(C(=O)O)C(C)C. The lowest BCUT2D eigenvalue weighted by Crippen LogP contribution is -2.47. The van der Waals surface area contributed by atoms with Crippen molar-refractivity contribution in [1.29, 1.82) is 0 Å². The standard InChI is InChI=1S/C11H20N2O3/c1-5-8(4)6-12-11(16)13-9(7(2)3)10(14)15/h6-7,9H,5H2,1-4H3,(H,14,15)(H2,12,13,16)/b8-6+. The maximum atomic E-state index is 11.4. The van der Waals surface area contributed by atoms with Crippen LogP contribution < -0.4 is 10.6 Å². The van der Waals surface area contributed by atoms with Gasteiger partial charge >= 0.3 is 12.0 Å². The van der Waals surface area contributed by atoms with Crippen molar-refractivity contribution in [1.82, 2.24) is 10.6 Å². The van der Waals surface area contributed by atoms with Crippen molar-refractivity contribution in [2.45, 2.75) is 40.2 Å². The number of hydrogen-bond acceptors (Lipinski definition) is 2. The van der Waals surface area contributed by atoms with Gasteiger partial charge in [-0.05, 0) is 19.3 Å². The van der Waals surface area contributed by atoms with E-state index in [2.05, 4.69) is 10.6 Å². The Morgan fingerprint density at radius 3 is 2.31 bits per heavy atom. The topological polar surface area (TPSA) is 78.4 Å². The molecule has 0 fully saturated rings. The third-order valence-corrected chi connectivity index (χ3v) is 2.23. The zero-order chi connectivity index (χ0) is 12.7. The number of nitrogens with one attached hydrogen (secondary N) is 2. The Balaban J connectivity index is 4.27. The van der Waals surface area contributed by atoms with Gasteiger partial charge in [-0.2, -0.15) is 0 Å². The van der Waals surface area contributed by atoms with Gasteiger partial charge in [0, 0.05) is 6.20 Å². The molecule has 0 rings (SSSR count). The number of allylic oxidation sites excluding steroid dienone is 1. The van der Waals surface area contributed by atoms with E-state index in [1.807, 2.05) is 13.8 Å². The Labute approximate surface area is 95.9 Å². The molecule has 0 aromatic rings. The summed E-state index contributed by atoms with van der Waals surface area (Å²) >= 11 is 0. The first-order chi connectivity index (χ1) is 7.38. The second-order valence-electron chi connectivity index (χ2n) is 4.02. The predicted molar refractivity (Wildman–Crippen MR) is 62.0 cm³/mol. The average molecular weight is 228 g/mol. The maximum Gasteiger partial charge on any atom is 0.326 e. The highest BCUT2D eigenvalue weighted by Crippen LogP contribution is 2.01. The molecule has 0 bridgehead atoms. The van der Waals surface area contributed by atoms with E-state index in [0.717, 1.165) is 12.0 Å². The van der Waals surface area contributed by atoms with Gasteiger partial charge in [0.15, 0.2) is 0 Å². The minimum absolute atomic E-state index is 0.153. The molecular formula is C11H20N2O3. The number of amides is 2. The van der Waals surface area contributed by atoms with E-state index < -0.39 is 18.0 Å². The highest BCUT2D eigenvalue weighted by molar-refractivity contribution is 5.83. The summed E-state index contributed by atoms with van der Waals surface area (Å²) in [7, 11) is 0. The highest BCUT2D eigenvalue weighted by Gasteiger charge is 2.22. The van der Waals surface area contributed by atoms with Crippen LogP contribution in [0.25, 0.3) is 0 Å². The molecule has 3 N–H and O–H groups in total. The lowest BCUT2D eigenvalue weighted by molar-refractivity contribution is -0.140. The van der Waals surface area contributed by atoms with Gasteiger partial charge in [-0.1, -0.05) is 26.3 Å². The summed E-state index contributed by atoms with van der Waals surface area (Å²) in [4.78, 5) is 22.2. The number of urea groups is 1. The molecule has 0 spiro atoms. The molecule has 0 aliphatic heterocycles. The van der Waals surface area contributed by atoms with Gasteiger partial charge in [0.2, 0.25) is 0 Å². The van der Waals surface area contributed by atoms with Crippen LogP contribution in [0.2, 0.25) is 0 Å². The molecule has 16 heavy (non-hydrogen) atoms. The number of carbonyl (C=O) groups is 2. The fourth-order valence-corrected chi connectivity index (χ4v) is 0.987. The number of hydrogen-bond donors (Lipinski definition) is 3. The van der Waals surface area contributed by atoms with E-state index in [0.29, 0.717) is 0 Å². The van der Waals surface area contributed by atoms with Gasteiger partial charge in [0.05, 0.1) is 0 Å². The molecule has 92 valence electrons. The third-order valence-electron chi connectivity index (χ3n) is 2.23. The first kappa shape index (κ1) is 14.5. The largest absolute Gasteiger partial charge is 0.480 e. The van der Waals surface area contributed by atoms with E-state index in [-0.39, 0.29) is 5.92 Å². The molecule has 5 nitrogen and oxygen atoms in total. The summed E-state index contributed by atoms with van der Waals surface area (Å²) in [6, 6.07) is -1.36. The molecule has 0 aliphatic carbocycles. The van der Waals surface area contributed by atoms with E-state index in [4.69, 9.17) is 5.11 Å². The Morgan fingerprint density at radius 1 is 1.38 bits per heavy atom. The van der Waals surface area contributed by atoms with Crippen molar-refractivity contribution < 1.29 is 14.7 Å². The van der Waals surface area contributed by atoms with Gasteiger partial charge < -0.3 is 15.7 Å². The number of aliphatic carboxylic acids is 1. The Bertz CT molecular complexity index is 285. The summed E-state index contributed by atoms with van der Waals surface area (Å²) in [5, 5.41) is 13.8. The van der Waals surface area contributed by atoms with Crippen molar-refractivity contribution in [3.05, 3.63) is 11.8 Å². The van der Waals surface area contributed by atoms with Gasteiger partial charge in [-0.15, -0.1) is 0 Å². The summed E-state index contributed by atoms with van der Waals surface area (Å²) in [6.45, 7) is 7.34. The zero-order valence-corrected chi connectivity index (χ0v) is 10.2. The number of carbonyl (C=O) groups excluding carboxylic acids is 1. The summed E-state index contributed by atoms with van der Waals surface area (Å²) in [6.07, 6.45) is 2.42. The maximum absolute atomic E-state index is 11.4. The van der Waals surface area contributed by atoms with E-state index >= 15 is 0 Å². The lowest BCUT2D eigenvalue weighted by Gasteiger charge is -2.17. The Morgan fingerprint density at radius 2 is 1.94 bits per heavy atom. The number of carboxylic acids is 1. The highest BCUT2D eigenvalue weighted by atomic mass is 16.4. The minimum Gasteiger partial charge on any atom is -0.480 e. The monoisotopic (exact) mass is 228 g/mol. The predicted octanol–water partition coefficient (Wildman–Crippen LogP) is 1.71. The van der Waals surface area contributed by atoms with Crippen LogP contribution in [0.15, 0.2) is 11.8 Å². The molecule has 1 atom stereocenters. The van der Waals surface area contributed by atoms with Crippen molar-refractivity contribution in [2.75, 3.05) is 0 Å². The summed E-state index contributed by atoms with van der Waals surface area (Å²) in [5.41, 5.74) is 1.02. The Kier molecular flexibility index (Phi) is 6.22. The van der Waals surface area contributed by atoms with Crippen LogP contribution in [0, 0.1) is 5.92 Å². The second kappa shape index (κ2) is 6.87. The first-order valence-corrected chi connectivity index (χ1v) is 5.34. The van der Waals surface area contributed by atoms with Crippen molar-refractivity contribution in [3.8, 4) is 0 Å². The normalized spacial score (nSPS) is 13.4. The quantitative estimate of drug-likeness (QED) is 0.670. The fraction of sp³-hybridized carbons (Fsp3) is 0.636. The molecule has 0 aliphatic rings. The van der Waals surface area contributed by atoms with Crippen LogP contribution in [0.1, 0.15) is 34.1 Å². The molecule has 0 saturated heterocycles. The van der Waals surface area contributed by atoms with Gasteiger partial charge in [0.25, 0.3) is 0 Å². The smallest absolute Gasteiger partial charge is 0.326 e. The van der Waals surface area contributed by atoms with Crippen LogP contribution in [0.5, 0.6) is 0 Å². The molecule has 1 unspecified atom stereocenters. The molecule has 0 saturated carbocycles. The van der Waals surface area contributed by atoms with Gasteiger partial charge in [-0.25, -0.2) is 9.59 Å². The first-order valence-electron chi connectivity index (χ1n) is 5.34. The van der Waals surface area contributed by atoms with Crippen molar-refractivity contribution in [2.24, 2.45) is 5.92 Å². The average Bonchev–Trinajstić information content (AvgIpc) is 2.21. The molecule has 2 amide bonds. The molecule has 0 heterocycles. The molecular weight excluding hydrogens is 208 g/mol. The van der Waals surface area contributed by atoms with E-state index in [1.165, 1.54) is 0 Å². The number of rotatable bonds is 5. The minimum atomic E-state index is -1.03. The van der Waals surface area contributed by atoms with E-state index in [1.54, 1.807) is 20.0 Å². The van der Waals surface area contributed by atoms with Crippen LogP contribution in [0.3, 0.4) is 0 Å². The zero-order valence-electron chi connectivity index (χ0n) is 10.2. The van der Waals surface area contributed by atoms with Crippen molar-refractivity contribution >= 4 is 12.0 Å². The van der Waals surface area contributed by atoms with Crippen LogP contribution in [0.4, 0.5) is 4.79 Å². The van der Waals surface area contributed by atoms with E-state index in [9.17, 15) is 9.59 Å². The van der Waals surface area contributed by atoms with Gasteiger partial charge in [0.1, 0.15) is 6.04 Å². The third kappa shape index (κ3) is 5.38. The molecule has 0 radical (unpaired) electrons. The summed E-state index contributed by atoms with van der Waals surface area (Å²) in [5.74, 6) is -1.18. The van der Waals surface area contributed by atoms with Crippen LogP contribution >= 0.6 is 0 Å².